The second-order valence-electron chi connectivity index (χ2n) is 6.80. The zero-order valence-corrected chi connectivity index (χ0v) is 17.1. The van der Waals surface area contributed by atoms with E-state index in [1.807, 2.05) is 37.0 Å². The second-order valence-corrected chi connectivity index (χ2v) is 6.80. The summed E-state index contributed by atoms with van der Waals surface area (Å²) in [5.74, 6) is 0.846. The summed E-state index contributed by atoms with van der Waals surface area (Å²) in [4.78, 5) is 21.6. The Hall–Kier alpha value is -2.56. The van der Waals surface area contributed by atoms with Crippen molar-refractivity contribution in [2.45, 2.75) is 40.5 Å². The summed E-state index contributed by atoms with van der Waals surface area (Å²) in [5.41, 5.74) is 3.94. The molecule has 1 aliphatic heterocycles. The molecular formula is C22H32N4O. The highest BCUT2D eigenvalue weighted by Gasteiger charge is 2.28. The summed E-state index contributed by atoms with van der Waals surface area (Å²) in [6.45, 7) is 14.9. The van der Waals surface area contributed by atoms with Crippen molar-refractivity contribution in [1.82, 2.24) is 4.98 Å². The maximum absolute atomic E-state index is 12.4. The Kier molecular flexibility index (Phi) is 7.65. The molecule has 0 aliphatic carbocycles. The fourth-order valence-corrected chi connectivity index (χ4v) is 3.34. The maximum Gasteiger partial charge on any atom is 0.244 e. The van der Waals surface area contributed by atoms with E-state index < -0.39 is 0 Å². The topological polar surface area (TPSA) is 48.5 Å². The van der Waals surface area contributed by atoms with E-state index in [4.69, 9.17) is 4.98 Å². The third kappa shape index (κ3) is 5.22. The molecular weight excluding hydrogens is 336 g/mol. The summed E-state index contributed by atoms with van der Waals surface area (Å²) in [7, 11) is 0. The quantitative estimate of drug-likeness (QED) is 0.654. The number of nitrogens with zero attached hydrogens (tertiary/aromatic N) is 3. The number of pyridine rings is 1. The molecule has 1 N–H and O–H groups in total. The van der Waals surface area contributed by atoms with Gasteiger partial charge in [0, 0.05) is 25.3 Å². The van der Waals surface area contributed by atoms with Crippen molar-refractivity contribution in [3.63, 3.8) is 0 Å². The molecule has 0 radical (unpaired) electrons. The first-order valence-electron chi connectivity index (χ1n) is 9.79. The number of fused-ring (bicyclic) bond motifs is 1. The highest BCUT2D eigenvalue weighted by molar-refractivity contribution is 6.04. The van der Waals surface area contributed by atoms with Crippen LogP contribution in [0.2, 0.25) is 0 Å². The number of allylic oxidation sites excluding steroid dienone is 3. The van der Waals surface area contributed by atoms with Crippen molar-refractivity contribution in [1.29, 1.82) is 0 Å². The molecule has 0 spiro atoms. The van der Waals surface area contributed by atoms with Gasteiger partial charge in [-0.25, -0.2) is 4.98 Å². The van der Waals surface area contributed by atoms with Crippen molar-refractivity contribution in [3.05, 3.63) is 48.2 Å². The Labute approximate surface area is 163 Å². The van der Waals surface area contributed by atoms with Crippen LogP contribution in [0, 0.1) is 6.92 Å². The van der Waals surface area contributed by atoms with E-state index in [2.05, 4.69) is 36.7 Å². The zero-order valence-electron chi connectivity index (χ0n) is 17.1. The summed E-state index contributed by atoms with van der Waals surface area (Å²) in [6.07, 6.45) is 10.1. The molecule has 0 atom stereocenters. The third-order valence-electron chi connectivity index (χ3n) is 4.60. The number of carbonyl (C=O) groups excluding carboxylic acids is 1. The molecule has 1 aromatic heterocycles. The van der Waals surface area contributed by atoms with E-state index >= 15 is 0 Å². The van der Waals surface area contributed by atoms with Gasteiger partial charge in [-0.2, -0.15) is 0 Å². The average Bonchev–Trinajstić information content (AvgIpc) is 2.63. The highest BCUT2D eigenvalue weighted by atomic mass is 16.2. The van der Waals surface area contributed by atoms with Gasteiger partial charge >= 0.3 is 0 Å². The predicted octanol–water partition coefficient (Wildman–Crippen LogP) is 4.46. The molecule has 1 aromatic rings. The van der Waals surface area contributed by atoms with Gasteiger partial charge in [-0.3, -0.25) is 4.79 Å². The van der Waals surface area contributed by atoms with Gasteiger partial charge in [-0.1, -0.05) is 44.2 Å². The molecule has 0 aromatic carbocycles. The van der Waals surface area contributed by atoms with Crippen LogP contribution < -0.4 is 15.1 Å². The van der Waals surface area contributed by atoms with Crippen LogP contribution >= 0.6 is 0 Å². The fourth-order valence-electron chi connectivity index (χ4n) is 3.34. The molecule has 0 unspecified atom stereocenters. The number of hydrogen-bond donors (Lipinski definition) is 1. The number of aryl methyl sites for hydroxylation is 1. The minimum Gasteiger partial charge on any atom is -0.370 e. The van der Waals surface area contributed by atoms with Crippen LogP contribution in [0.1, 0.15) is 39.3 Å². The van der Waals surface area contributed by atoms with Crippen LogP contribution in [-0.2, 0) is 4.79 Å². The van der Waals surface area contributed by atoms with E-state index in [0.29, 0.717) is 13.1 Å². The SMILES string of the molecule is C=C/C=C(\C=C/C)CN1CC(=O)Nc2c(N(CC)CCCC)cc(C)nc21. The number of unbranched alkanes of at least 4 members (excludes halogenated alkanes) is 1. The zero-order chi connectivity index (χ0) is 19.8. The summed E-state index contributed by atoms with van der Waals surface area (Å²) in [6, 6.07) is 2.08. The Balaban J connectivity index is 2.47. The standard InChI is InChI=1S/C22H32N4O/c1-6-10-13-25(9-4)19-14-17(5)23-22-21(19)24-20(27)16-26(22)15-18(11-7-2)12-8-3/h7-8,11-12,14H,2,6,9-10,13,15-16H2,1,3-5H3,(H,24,27)/b12-8-,18-11+. The molecule has 0 saturated carbocycles. The minimum atomic E-state index is -0.000575. The van der Waals surface area contributed by atoms with Crippen LogP contribution in [0.3, 0.4) is 0 Å². The third-order valence-corrected chi connectivity index (χ3v) is 4.60. The number of hydrogen-bond acceptors (Lipinski definition) is 4. The van der Waals surface area contributed by atoms with Crippen LogP contribution in [0.15, 0.2) is 42.5 Å². The lowest BCUT2D eigenvalue weighted by Gasteiger charge is -2.34. The highest BCUT2D eigenvalue weighted by Crippen LogP contribution is 2.37. The lowest BCUT2D eigenvalue weighted by atomic mass is 10.1. The van der Waals surface area contributed by atoms with Gasteiger partial charge in [0.2, 0.25) is 5.91 Å². The molecule has 1 aliphatic rings. The van der Waals surface area contributed by atoms with Gasteiger partial charge in [0.1, 0.15) is 5.69 Å². The van der Waals surface area contributed by atoms with Gasteiger partial charge in [-0.15, -0.1) is 0 Å². The van der Waals surface area contributed by atoms with Crippen molar-refractivity contribution in [2.75, 3.05) is 41.3 Å². The van der Waals surface area contributed by atoms with Gasteiger partial charge in [0.05, 0.1) is 12.2 Å². The lowest BCUT2D eigenvalue weighted by Crippen LogP contribution is -2.41. The molecule has 0 bridgehead atoms. The summed E-state index contributed by atoms with van der Waals surface area (Å²) < 4.78 is 0. The van der Waals surface area contributed by atoms with Gasteiger partial charge in [0.15, 0.2) is 5.82 Å². The van der Waals surface area contributed by atoms with E-state index in [0.717, 1.165) is 54.4 Å². The van der Waals surface area contributed by atoms with Gasteiger partial charge < -0.3 is 15.1 Å². The predicted molar refractivity (Wildman–Crippen MR) is 116 cm³/mol. The summed E-state index contributed by atoms with van der Waals surface area (Å²) >= 11 is 0. The molecule has 0 fully saturated rings. The van der Waals surface area contributed by atoms with Crippen molar-refractivity contribution in [2.24, 2.45) is 0 Å². The van der Waals surface area contributed by atoms with Crippen molar-refractivity contribution in [3.8, 4) is 0 Å². The van der Waals surface area contributed by atoms with Gasteiger partial charge in [-0.05, 0) is 38.8 Å². The van der Waals surface area contributed by atoms with Crippen molar-refractivity contribution >= 4 is 23.1 Å². The molecule has 1 amide bonds. The first-order chi connectivity index (χ1) is 13.0. The molecule has 5 heteroatoms. The molecule has 2 heterocycles. The van der Waals surface area contributed by atoms with Gasteiger partial charge in [0.25, 0.3) is 0 Å². The molecule has 0 saturated heterocycles. The van der Waals surface area contributed by atoms with E-state index in [-0.39, 0.29) is 5.91 Å². The Bertz CT molecular complexity index is 736. The number of amides is 1. The van der Waals surface area contributed by atoms with E-state index in [1.165, 1.54) is 0 Å². The minimum absolute atomic E-state index is 0.000575. The monoisotopic (exact) mass is 368 g/mol. The van der Waals surface area contributed by atoms with Crippen LogP contribution in [0.25, 0.3) is 0 Å². The molecule has 146 valence electrons. The number of rotatable bonds is 9. The number of aromatic nitrogens is 1. The molecule has 27 heavy (non-hydrogen) atoms. The second kappa shape index (κ2) is 9.95. The van der Waals surface area contributed by atoms with Crippen LogP contribution in [0.5, 0.6) is 0 Å². The largest absolute Gasteiger partial charge is 0.370 e. The first kappa shape index (κ1) is 20.7. The number of nitrogens with one attached hydrogen (secondary N) is 1. The number of carbonyl (C=O) groups is 1. The number of anilines is 3. The normalized spacial score (nSPS) is 14.3. The fraction of sp³-hybridized carbons (Fsp3) is 0.455. The van der Waals surface area contributed by atoms with Crippen LogP contribution in [-0.4, -0.2) is 37.1 Å². The van der Waals surface area contributed by atoms with Crippen LogP contribution in [0.4, 0.5) is 17.2 Å². The van der Waals surface area contributed by atoms with E-state index in [1.54, 1.807) is 6.08 Å². The Morgan fingerprint density at radius 2 is 2.22 bits per heavy atom. The molecule has 2 rings (SSSR count). The first-order valence-corrected chi connectivity index (χ1v) is 9.79. The van der Waals surface area contributed by atoms with Crippen molar-refractivity contribution < 1.29 is 4.79 Å². The summed E-state index contributed by atoms with van der Waals surface area (Å²) in [5, 5.41) is 3.07. The average molecular weight is 369 g/mol. The smallest absolute Gasteiger partial charge is 0.244 e. The maximum atomic E-state index is 12.4. The Morgan fingerprint density at radius 1 is 1.44 bits per heavy atom. The lowest BCUT2D eigenvalue weighted by molar-refractivity contribution is -0.115. The van der Waals surface area contributed by atoms with E-state index in [9.17, 15) is 4.79 Å². The molecule has 5 nitrogen and oxygen atoms in total. The Morgan fingerprint density at radius 3 is 2.85 bits per heavy atom.